The third-order valence-corrected chi connectivity index (χ3v) is 3.39. The van der Waals surface area contributed by atoms with E-state index < -0.39 is 5.97 Å². The summed E-state index contributed by atoms with van der Waals surface area (Å²) in [6, 6.07) is 5.43. The van der Waals surface area contributed by atoms with Crippen LogP contribution in [0.25, 0.3) is 0 Å². The van der Waals surface area contributed by atoms with Gasteiger partial charge in [-0.15, -0.1) is 0 Å². The lowest BCUT2D eigenvalue weighted by Gasteiger charge is -2.06. The molecule has 1 aromatic rings. The Morgan fingerprint density at radius 3 is 2.67 bits per heavy atom. The average molecular weight is 314 g/mol. The molecule has 0 aliphatic rings. The number of benzene rings is 1. The van der Waals surface area contributed by atoms with Gasteiger partial charge in [0.05, 0.1) is 0 Å². The van der Waals surface area contributed by atoms with E-state index in [1.807, 2.05) is 13.0 Å². The quantitative estimate of drug-likeness (QED) is 0.794. The molecule has 0 saturated carbocycles. The second kappa shape index (κ2) is 7.16. The first kappa shape index (κ1) is 14.7. The summed E-state index contributed by atoms with van der Waals surface area (Å²) >= 11 is 3.38. The summed E-state index contributed by atoms with van der Waals surface area (Å²) < 4.78 is 0.904. The molecule has 98 valence electrons. The van der Waals surface area contributed by atoms with Gasteiger partial charge in [0, 0.05) is 23.0 Å². The van der Waals surface area contributed by atoms with E-state index in [-0.39, 0.29) is 12.3 Å². The zero-order valence-corrected chi connectivity index (χ0v) is 11.8. The van der Waals surface area contributed by atoms with E-state index >= 15 is 0 Å². The van der Waals surface area contributed by atoms with Crippen molar-refractivity contribution in [3.63, 3.8) is 0 Å². The Labute approximate surface area is 115 Å². The molecular weight excluding hydrogens is 298 g/mol. The second-order valence-corrected chi connectivity index (χ2v) is 4.93. The highest BCUT2D eigenvalue weighted by atomic mass is 79.9. The maximum atomic E-state index is 11.8. The largest absolute Gasteiger partial charge is 0.481 e. The summed E-state index contributed by atoms with van der Waals surface area (Å²) in [5.41, 5.74) is 1.68. The van der Waals surface area contributed by atoms with Crippen LogP contribution in [0.15, 0.2) is 22.7 Å². The van der Waals surface area contributed by atoms with Crippen molar-refractivity contribution >= 4 is 27.8 Å². The van der Waals surface area contributed by atoms with Gasteiger partial charge < -0.3 is 10.4 Å². The van der Waals surface area contributed by atoms with Crippen molar-refractivity contribution in [2.75, 3.05) is 6.54 Å². The summed E-state index contributed by atoms with van der Waals surface area (Å²) in [5.74, 6) is -0.935. The Hall–Kier alpha value is -1.36. The van der Waals surface area contributed by atoms with E-state index in [4.69, 9.17) is 5.11 Å². The van der Waals surface area contributed by atoms with Crippen molar-refractivity contribution in [3.8, 4) is 0 Å². The van der Waals surface area contributed by atoms with Crippen LogP contribution in [0.5, 0.6) is 0 Å². The maximum Gasteiger partial charge on any atom is 0.303 e. The van der Waals surface area contributed by atoms with Gasteiger partial charge in [0.2, 0.25) is 0 Å². The predicted octanol–water partition coefficient (Wildman–Crippen LogP) is 2.74. The first-order valence-corrected chi connectivity index (χ1v) is 6.56. The molecule has 0 fully saturated rings. The minimum absolute atomic E-state index is 0.133. The van der Waals surface area contributed by atoms with Crippen LogP contribution in [0, 0.1) is 6.92 Å². The molecule has 4 nitrogen and oxygen atoms in total. The summed E-state index contributed by atoms with van der Waals surface area (Å²) in [4.78, 5) is 22.1. The van der Waals surface area contributed by atoms with Crippen LogP contribution in [0.2, 0.25) is 0 Å². The van der Waals surface area contributed by atoms with Crippen molar-refractivity contribution in [2.45, 2.75) is 26.2 Å². The molecule has 0 atom stereocenters. The number of amides is 1. The third kappa shape index (κ3) is 4.87. The van der Waals surface area contributed by atoms with E-state index in [0.717, 1.165) is 10.0 Å². The lowest BCUT2D eigenvalue weighted by Crippen LogP contribution is -2.24. The molecule has 0 aliphatic heterocycles. The first-order valence-electron chi connectivity index (χ1n) is 5.77. The van der Waals surface area contributed by atoms with Crippen LogP contribution >= 0.6 is 15.9 Å². The molecule has 5 heteroatoms. The molecule has 0 aliphatic carbocycles. The predicted molar refractivity (Wildman–Crippen MR) is 72.7 cm³/mol. The van der Waals surface area contributed by atoms with E-state index in [0.29, 0.717) is 24.9 Å². The summed E-state index contributed by atoms with van der Waals surface area (Å²) in [7, 11) is 0. The smallest absolute Gasteiger partial charge is 0.303 e. The number of hydrogen-bond donors (Lipinski definition) is 2. The fraction of sp³-hybridized carbons (Fsp3) is 0.385. The number of carbonyl (C=O) groups excluding carboxylic acids is 1. The molecule has 1 rings (SSSR count). The van der Waals surface area contributed by atoms with E-state index in [2.05, 4.69) is 21.2 Å². The molecule has 2 N–H and O–H groups in total. The van der Waals surface area contributed by atoms with Gasteiger partial charge in [0.1, 0.15) is 0 Å². The van der Waals surface area contributed by atoms with Gasteiger partial charge >= 0.3 is 5.97 Å². The van der Waals surface area contributed by atoms with Gasteiger partial charge in [-0.1, -0.05) is 22.0 Å². The molecule has 18 heavy (non-hydrogen) atoms. The molecule has 0 aromatic heterocycles. The van der Waals surface area contributed by atoms with Crippen molar-refractivity contribution in [1.82, 2.24) is 5.32 Å². The van der Waals surface area contributed by atoms with Crippen LogP contribution in [-0.4, -0.2) is 23.5 Å². The molecule has 1 amide bonds. The molecular formula is C13H16BrNO3. The van der Waals surface area contributed by atoms with Gasteiger partial charge in [-0.05, 0) is 37.5 Å². The van der Waals surface area contributed by atoms with Crippen molar-refractivity contribution < 1.29 is 14.7 Å². The van der Waals surface area contributed by atoms with Gasteiger partial charge in [-0.2, -0.15) is 0 Å². The molecule has 0 unspecified atom stereocenters. The van der Waals surface area contributed by atoms with Gasteiger partial charge in [0.15, 0.2) is 0 Å². The highest BCUT2D eigenvalue weighted by Crippen LogP contribution is 2.17. The minimum atomic E-state index is -0.802. The van der Waals surface area contributed by atoms with Crippen molar-refractivity contribution in [2.24, 2.45) is 0 Å². The summed E-state index contributed by atoms with van der Waals surface area (Å²) in [5, 5.41) is 11.2. The zero-order chi connectivity index (χ0) is 13.5. The third-order valence-electron chi connectivity index (χ3n) is 2.54. The Kier molecular flexibility index (Phi) is 5.85. The molecule has 0 spiro atoms. The summed E-state index contributed by atoms with van der Waals surface area (Å²) in [6.45, 7) is 2.45. The Morgan fingerprint density at radius 2 is 2.06 bits per heavy atom. The topological polar surface area (TPSA) is 66.4 Å². The highest BCUT2D eigenvalue weighted by molar-refractivity contribution is 9.10. The zero-order valence-electron chi connectivity index (χ0n) is 10.2. The number of carboxylic acid groups (broad SMARTS) is 1. The first-order chi connectivity index (χ1) is 8.50. The number of carbonyl (C=O) groups is 2. The number of aryl methyl sites for hydroxylation is 1. The van der Waals surface area contributed by atoms with E-state index in [1.54, 1.807) is 12.1 Å². The number of unbranched alkanes of at least 4 members (excludes halogenated alkanes) is 1. The van der Waals surface area contributed by atoms with Gasteiger partial charge in [-0.3, -0.25) is 9.59 Å². The number of aliphatic carboxylic acids is 1. The molecule has 0 radical (unpaired) electrons. The van der Waals surface area contributed by atoms with E-state index in [9.17, 15) is 9.59 Å². The Morgan fingerprint density at radius 1 is 1.33 bits per heavy atom. The lowest BCUT2D eigenvalue weighted by molar-refractivity contribution is -0.137. The van der Waals surface area contributed by atoms with Gasteiger partial charge in [-0.25, -0.2) is 0 Å². The minimum Gasteiger partial charge on any atom is -0.481 e. The summed E-state index contributed by atoms with van der Waals surface area (Å²) in [6.07, 6.45) is 1.39. The number of rotatable bonds is 6. The Balaban J connectivity index is 2.36. The van der Waals surface area contributed by atoms with Crippen LogP contribution in [0.1, 0.15) is 35.2 Å². The van der Waals surface area contributed by atoms with Crippen molar-refractivity contribution in [3.05, 3.63) is 33.8 Å². The van der Waals surface area contributed by atoms with Crippen LogP contribution < -0.4 is 5.32 Å². The average Bonchev–Trinajstić information content (AvgIpc) is 2.31. The van der Waals surface area contributed by atoms with Crippen molar-refractivity contribution in [1.29, 1.82) is 0 Å². The molecule has 1 aromatic carbocycles. The fourth-order valence-electron chi connectivity index (χ4n) is 1.44. The fourth-order valence-corrected chi connectivity index (χ4v) is 1.82. The number of carboxylic acids is 1. The molecule has 0 heterocycles. The highest BCUT2D eigenvalue weighted by Gasteiger charge is 2.06. The number of hydrogen-bond acceptors (Lipinski definition) is 2. The normalized spacial score (nSPS) is 10.1. The number of nitrogens with one attached hydrogen (secondary N) is 1. The number of halogens is 1. The molecule has 0 bridgehead atoms. The van der Waals surface area contributed by atoms with Crippen LogP contribution in [-0.2, 0) is 4.79 Å². The SMILES string of the molecule is Cc1ccc(C(=O)NCCCCC(=O)O)cc1Br. The van der Waals surface area contributed by atoms with Gasteiger partial charge in [0.25, 0.3) is 5.91 Å². The standard InChI is InChI=1S/C13H16BrNO3/c1-9-5-6-10(8-11(9)14)13(18)15-7-3-2-4-12(16)17/h5-6,8H,2-4,7H2,1H3,(H,15,18)(H,16,17). The monoisotopic (exact) mass is 313 g/mol. The maximum absolute atomic E-state index is 11.8. The second-order valence-electron chi connectivity index (χ2n) is 4.07. The van der Waals surface area contributed by atoms with Crippen LogP contribution in [0.3, 0.4) is 0 Å². The molecule has 0 saturated heterocycles. The Bertz CT molecular complexity index is 446. The van der Waals surface area contributed by atoms with Crippen LogP contribution in [0.4, 0.5) is 0 Å². The van der Waals surface area contributed by atoms with E-state index in [1.165, 1.54) is 0 Å². The lowest BCUT2D eigenvalue weighted by atomic mass is 10.1.